The van der Waals surface area contributed by atoms with Gasteiger partial charge in [-0.3, -0.25) is 4.79 Å². The average Bonchev–Trinajstić information content (AvgIpc) is 3.33. The minimum atomic E-state index is -0.217. The lowest BCUT2D eigenvalue weighted by atomic mass is 10.1. The number of amides is 1. The smallest absolute Gasteiger partial charge is 0.271 e. The van der Waals surface area contributed by atoms with E-state index in [1.165, 1.54) is 11.3 Å². The molecule has 0 aliphatic heterocycles. The zero-order chi connectivity index (χ0) is 20.1. The van der Waals surface area contributed by atoms with Crippen molar-refractivity contribution in [3.05, 3.63) is 52.7 Å². The minimum absolute atomic E-state index is 0.212. The number of ether oxygens (including phenoxy) is 2. The van der Waals surface area contributed by atoms with Crippen LogP contribution in [-0.2, 0) is 0 Å². The van der Waals surface area contributed by atoms with Crippen LogP contribution in [0.1, 0.15) is 47.7 Å². The van der Waals surface area contributed by atoms with Crippen molar-refractivity contribution in [2.75, 3.05) is 13.2 Å². The molecule has 0 radical (unpaired) electrons. The molecule has 1 aromatic carbocycles. The Kier molecular flexibility index (Phi) is 6.36. The van der Waals surface area contributed by atoms with Crippen LogP contribution in [0.15, 0.2) is 41.0 Å². The van der Waals surface area contributed by atoms with Gasteiger partial charge in [-0.05, 0) is 57.5 Å². The van der Waals surface area contributed by atoms with Crippen molar-refractivity contribution in [3.8, 4) is 22.3 Å². The molecule has 0 bridgehead atoms. The van der Waals surface area contributed by atoms with Crippen molar-refractivity contribution in [1.29, 1.82) is 0 Å². The molecule has 148 valence electrons. The summed E-state index contributed by atoms with van der Waals surface area (Å²) in [5, 5.41) is 3.71. The summed E-state index contributed by atoms with van der Waals surface area (Å²) in [7, 11) is 0. The van der Waals surface area contributed by atoms with Gasteiger partial charge in [-0.1, -0.05) is 6.07 Å². The fourth-order valence-corrected chi connectivity index (χ4v) is 3.68. The first-order valence-corrected chi connectivity index (χ1v) is 10.1. The molecule has 2 heterocycles. The summed E-state index contributed by atoms with van der Waals surface area (Å²) < 4.78 is 16.6. The van der Waals surface area contributed by atoms with Crippen LogP contribution >= 0.6 is 11.3 Å². The maximum Gasteiger partial charge on any atom is 0.271 e. The molecule has 7 heteroatoms. The molecule has 0 aliphatic rings. The van der Waals surface area contributed by atoms with Crippen LogP contribution in [0.25, 0.3) is 10.8 Å². The van der Waals surface area contributed by atoms with Crippen LogP contribution in [0.2, 0.25) is 0 Å². The number of aryl methyl sites for hydroxylation is 1. The van der Waals surface area contributed by atoms with Crippen LogP contribution in [0.3, 0.4) is 0 Å². The Labute approximate surface area is 168 Å². The predicted octanol–water partition coefficient (Wildman–Crippen LogP) is 5.00. The van der Waals surface area contributed by atoms with E-state index >= 15 is 0 Å². The second-order valence-electron chi connectivity index (χ2n) is 6.17. The Morgan fingerprint density at radius 1 is 1.21 bits per heavy atom. The van der Waals surface area contributed by atoms with Gasteiger partial charge < -0.3 is 19.2 Å². The van der Waals surface area contributed by atoms with E-state index in [1.54, 1.807) is 12.3 Å². The number of benzene rings is 1. The summed E-state index contributed by atoms with van der Waals surface area (Å²) >= 11 is 1.44. The second kappa shape index (κ2) is 8.93. The Hall–Kier alpha value is -2.80. The highest BCUT2D eigenvalue weighted by Gasteiger charge is 2.20. The molecule has 1 unspecified atom stereocenters. The maximum absolute atomic E-state index is 12.8. The second-order valence-corrected chi connectivity index (χ2v) is 7.37. The predicted molar refractivity (Wildman–Crippen MR) is 109 cm³/mol. The van der Waals surface area contributed by atoms with Crippen LogP contribution in [-0.4, -0.2) is 24.1 Å². The van der Waals surface area contributed by atoms with Gasteiger partial charge in [0.05, 0.1) is 25.5 Å². The van der Waals surface area contributed by atoms with Gasteiger partial charge >= 0.3 is 0 Å². The number of nitrogens with one attached hydrogen (secondary N) is 1. The van der Waals surface area contributed by atoms with Crippen LogP contribution in [0.5, 0.6) is 11.5 Å². The lowest BCUT2D eigenvalue weighted by Crippen LogP contribution is -2.27. The molecule has 0 saturated carbocycles. The molecule has 0 saturated heterocycles. The Bertz CT molecular complexity index is 934. The van der Waals surface area contributed by atoms with Gasteiger partial charge in [-0.25, -0.2) is 4.98 Å². The number of thiazole rings is 1. The van der Waals surface area contributed by atoms with Gasteiger partial charge in [0.1, 0.15) is 5.69 Å². The molecule has 6 nitrogen and oxygen atoms in total. The first kappa shape index (κ1) is 19.9. The molecule has 0 fully saturated rings. The quantitative estimate of drug-likeness (QED) is 0.576. The summed E-state index contributed by atoms with van der Waals surface area (Å²) in [6.45, 7) is 8.77. The molecule has 1 amide bonds. The monoisotopic (exact) mass is 400 g/mol. The number of aromatic nitrogens is 1. The molecule has 3 rings (SSSR count). The summed E-state index contributed by atoms with van der Waals surface area (Å²) in [5.74, 6) is 1.82. The van der Waals surface area contributed by atoms with Crippen molar-refractivity contribution in [3.63, 3.8) is 0 Å². The number of furan rings is 1. The molecular weight excluding hydrogens is 376 g/mol. The highest BCUT2D eigenvalue weighted by atomic mass is 32.1. The summed E-state index contributed by atoms with van der Waals surface area (Å²) in [5.41, 5.74) is 1.35. The van der Waals surface area contributed by atoms with E-state index in [0.717, 1.165) is 10.4 Å². The lowest BCUT2D eigenvalue weighted by molar-refractivity contribution is 0.0935. The fraction of sp³-hybridized carbons (Fsp3) is 0.333. The van der Waals surface area contributed by atoms with E-state index in [0.29, 0.717) is 41.2 Å². The van der Waals surface area contributed by atoms with Crippen molar-refractivity contribution >= 4 is 17.2 Å². The maximum atomic E-state index is 12.8. The van der Waals surface area contributed by atoms with Gasteiger partial charge in [0, 0.05) is 4.88 Å². The highest BCUT2D eigenvalue weighted by molar-refractivity contribution is 7.15. The molecule has 0 spiro atoms. The topological polar surface area (TPSA) is 73.6 Å². The normalized spacial score (nSPS) is 11.9. The molecule has 1 atom stereocenters. The van der Waals surface area contributed by atoms with E-state index in [-0.39, 0.29) is 11.9 Å². The third kappa shape index (κ3) is 4.36. The SMILES string of the molecule is CCOc1ccc(C(C)NC(=O)c2nc(-c3ccco3)sc2C)cc1OCC. The van der Waals surface area contributed by atoms with E-state index in [2.05, 4.69) is 10.3 Å². The summed E-state index contributed by atoms with van der Waals surface area (Å²) in [4.78, 5) is 18.1. The van der Waals surface area contributed by atoms with E-state index in [4.69, 9.17) is 13.9 Å². The van der Waals surface area contributed by atoms with Gasteiger partial charge in [0.25, 0.3) is 5.91 Å². The molecule has 1 N–H and O–H groups in total. The van der Waals surface area contributed by atoms with Gasteiger partial charge in [0.15, 0.2) is 22.3 Å². The summed E-state index contributed by atoms with van der Waals surface area (Å²) in [6, 6.07) is 9.13. The number of hydrogen-bond donors (Lipinski definition) is 1. The molecule has 0 aliphatic carbocycles. The third-order valence-electron chi connectivity index (χ3n) is 4.16. The van der Waals surface area contributed by atoms with Crippen LogP contribution < -0.4 is 14.8 Å². The van der Waals surface area contributed by atoms with Gasteiger partial charge in [0.2, 0.25) is 0 Å². The van der Waals surface area contributed by atoms with Crippen molar-refractivity contribution in [1.82, 2.24) is 10.3 Å². The minimum Gasteiger partial charge on any atom is -0.490 e. The number of carbonyl (C=O) groups excluding carboxylic acids is 1. The first-order chi connectivity index (χ1) is 13.5. The van der Waals surface area contributed by atoms with Crippen molar-refractivity contribution in [2.24, 2.45) is 0 Å². The molecule has 28 heavy (non-hydrogen) atoms. The van der Waals surface area contributed by atoms with Crippen LogP contribution in [0.4, 0.5) is 0 Å². The molecule has 3 aromatic rings. The fourth-order valence-electron chi connectivity index (χ4n) is 2.80. The number of carbonyl (C=O) groups is 1. The standard InChI is InChI=1S/C21H24N2O4S/c1-5-25-16-10-9-15(12-18(16)26-6-2)13(3)22-20(24)19-14(4)28-21(23-19)17-8-7-11-27-17/h7-13H,5-6H2,1-4H3,(H,22,24). The van der Waals surface area contributed by atoms with Crippen LogP contribution in [0, 0.1) is 6.92 Å². The number of rotatable bonds is 8. The molecule has 2 aromatic heterocycles. The third-order valence-corrected chi connectivity index (χ3v) is 5.14. The number of hydrogen-bond acceptors (Lipinski definition) is 6. The Morgan fingerprint density at radius 3 is 2.64 bits per heavy atom. The highest BCUT2D eigenvalue weighted by Crippen LogP contribution is 2.31. The largest absolute Gasteiger partial charge is 0.490 e. The van der Waals surface area contributed by atoms with Crippen molar-refractivity contribution < 1.29 is 18.7 Å². The van der Waals surface area contributed by atoms with Gasteiger partial charge in [-0.2, -0.15) is 0 Å². The molecular formula is C21H24N2O4S. The van der Waals surface area contributed by atoms with E-state index < -0.39 is 0 Å². The summed E-state index contributed by atoms with van der Waals surface area (Å²) in [6.07, 6.45) is 1.59. The average molecular weight is 401 g/mol. The number of nitrogens with zero attached hydrogens (tertiary/aromatic N) is 1. The van der Waals surface area contributed by atoms with Gasteiger partial charge in [-0.15, -0.1) is 11.3 Å². The van der Waals surface area contributed by atoms with E-state index in [1.807, 2.05) is 52.0 Å². The zero-order valence-electron chi connectivity index (χ0n) is 16.4. The zero-order valence-corrected chi connectivity index (χ0v) is 17.3. The Balaban J connectivity index is 1.76. The lowest BCUT2D eigenvalue weighted by Gasteiger charge is -2.17. The van der Waals surface area contributed by atoms with E-state index in [9.17, 15) is 4.79 Å². The first-order valence-electron chi connectivity index (χ1n) is 9.25. The Morgan fingerprint density at radius 2 is 1.96 bits per heavy atom. The van der Waals surface area contributed by atoms with Crippen molar-refractivity contribution in [2.45, 2.75) is 33.7 Å².